The van der Waals surface area contributed by atoms with Crippen LogP contribution in [-0.4, -0.2) is 17.5 Å². The Morgan fingerprint density at radius 1 is 1.08 bits per heavy atom. The lowest BCUT2D eigenvalue weighted by Crippen LogP contribution is -2.35. The number of hydrogen-bond donors (Lipinski definition) is 1. The van der Waals surface area contributed by atoms with Crippen molar-refractivity contribution in [1.29, 1.82) is 0 Å². The summed E-state index contributed by atoms with van der Waals surface area (Å²) in [4.78, 5) is 0. The van der Waals surface area contributed by atoms with E-state index in [-0.39, 0.29) is 6.92 Å². The van der Waals surface area contributed by atoms with Crippen LogP contribution in [0.5, 0.6) is 0 Å². The summed E-state index contributed by atoms with van der Waals surface area (Å²) in [7, 11) is 0. The second kappa shape index (κ2) is 3.12. The van der Waals surface area contributed by atoms with Gasteiger partial charge in [-0.3, -0.25) is 0 Å². The van der Waals surface area contributed by atoms with Crippen molar-refractivity contribution in [3.05, 3.63) is 6.10 Å². The molecule has 12 heavy (non-hydrogen) atoms. The normalized spacial score (nSPS) is 16.8. The van der Waals surface area contributed by atoms with Gasteiger partial charge < -0.3 is 5.11 Å². The maximum Gasteiger partial charge on any atom is 0.421 e. The monoisotopic (exact) mass is 195 g/mol. The van der Waals surface area contributed by atoms with Gasteiger partial charge in [-0.2, -0.15) is 26.3 Å². The van der Waals surface area contributed by atoms with E-state index in [0.29, 0.717) is 0 Å². The molecule has 1 N–H and O–H groups in total. The Morgan fingerprint density at radius 3 is 1.50 bits per heavy atom. The summed E-state index contributed by atoms with van der Waals surface area (Å²) in [6, 6.07) is 0. The summed E-state index contributed by atoms with van der Waals surface area (Å²) in [5.74, 6) is -2.88. The van der Waals surface area contributed by atoms with Crippen LogP contribution >= 0.6 is 0 Å². The lowest BCUT2D eigenvalue weighted by molar-refractivity contribution is -0.227. The molecule has 0 aliphatic heterocycles. The van der Waals surface area contributed by atoms with Crippen molar-refractivity contribution < 1.29 is 31.4 Å². The first-order chi connectivity index (χ1) is 5.07. The third-order valence-electron chi connectivity index (χ3n) is 1.19. The van der Waals surface area contributed by atoms with E-state index < -0.39 is 24.4 Å². The van der Waals surface area contributed by atoms with Crippen LogP contribution in [0.4, 0.5) is 26.3 Å². The fourth-order valence-electron chi connectivity index (χ4n) is 0.401. The van der Waals surface area contributed by atoms with Crippen LogP contribution in [0.25, 0.3) is 0 Å². The van der Waals surface area contributed by atoms with Crippen molar-refractivity contribution >= 4 is 0 Å². The standard InChI is InChI=1S/C5H5F6O/c1-2(4(6,7)8)3(12)5(9,10)11/h2,12H,1H3. The molecule has 0 aromatic rings. The molecule has 0 fully saturated rings. The van der Waals surface area contributed by atoms with E-state index in [9.17, 15) is 26.3 Å². The van der Waals surface area contributed by atoms with Gasteiger partial charge >= 0.3 is 12.4 Å². The van der Waals surface area contributed by atoms with E-state index in [1.165, 1.54) is 0 Å². The van der Waals surface area contributed by atoms with Gasteiger partial charge in [-0.05, 0) is 0 Å². The fraction of sp³-hybridized carbons (Fsp3) is 0.800. The van der Waals surface area contributed by atoms with E-state index in [4.69, 9.17) is 5.11 Å². The van der Waals surface area contributed by atoms with E-state index in [0.717, 1.165) is 0 Å². The number of rotatable bonds is 1. The largest absolute Gasteiger partial charge is 0.421 e. The van der Waals surface area contributed by atoms with Gasteiger partial charge in [0.2, 0.25) is 6.10 Å². The van der Waals surface area contributed by atoms with Gasteiger partial charge in [0.05, 0.1) is 5.92 Å². The molecule has 0 bridgehead atoms. The molecule has 0 amide bonds. The fourth-order valence-corrected chi connectivity index (χ4v) is 0.401. The molecule has 0 aromatic carbocycles. The van der Waals surface area contributed by atoms with Crippen LogP contribution in [0, 0.1) is 12.0 Å². The Balaban J connectivity index is 4.41. The van der Waals surface area contributed by atoms with Crippen molar-refractivity contribution in [2.75, 3.05) is 0 Å². The minimum absolute atomic E-state index is 0.239. The summed E-state index contributed by atoms with van der Waals surface area (Å²) in [5.41, 5.74) is 0. The van der Waals surface area contributed by atoms with Gasteiger partial charge in [-0.15, -0.1) is 0 Å². The predicted molar refractivity (Wildman–Crippen MR) is 26.5 cm³/mol. The Hall–Kier alpha value is -0.460. The van der Waals surface area contributed by atoms with Gasteiger partial charge in [0, 0.05) is 0 Å². The topological polar surface area (TPSA) is 20.2 Å². The molecule has 0 rings (SSSR count). The SMILES string of the molecule is CC([C](O)C(F)(F)F)C(F)(F)F. The molecular weight excluding hydrogens is 190 g/mol. The van der Waals surface area contributed by atoms with Gasteiger partial charge in [0.15, 0.2) is 0 Å². The van der Waals surface area contributed by atoms with E-state index >= 15 is 0 Å². The highest BCUT2D eigenvalue weighted by Gasteiger charge is 2.53. The molecule has 1 unspecified atom stereocenters. The molecule has 0 aliphatic rings. The second-order valence-corrected chi connectivity index (χ2v) is 2.15. The Morgan fingerprint density at radius 2 is 1.42 bits per heavy atom. The number of aliphatic hydroxyl groups excluding tert-OH is 1. The van der Waals surface area contributed by atoms with Crippen LogP contribution in [0.2, 0.25) is 0 Å². The quantitative estimate of drug-likeness (QED) is 0.637. The number of hydrogen-bond acceptors (Lipinski definition) is 1. The van der Waals surface area contributed by atoms with Crippen LogP contribution in [0.1, 0.15) is 6.92 Å². The molecular formula is C5H5F6O. The van der Waals surface area contributed by atoms with Crippen LogP contribution in [0.15, 0.2) is 0 Å². The molecule has 1 nitrogen and oxygen atoms in total. The molecule has 1 radical (unpaired) electrons. The average Bonchev–Trinajstić information content (AvgIpc) is 1.80. The minimum atomic E-state index is -5.31. The number of aliphatic hydroxyl groups is 1. The van der Waals surface area contributed by atoms with Crippen molar-refractivity contribution in [2.45, 2.75) is 19.3 Å². The summed E-state index contributed by atoms with van der Waals surface area (Å²) in [5, 5.41) is 8.06. The molecule has 0 aromatic heterocycles. The molecule has 1 atom stereocenters. The van der Waals surface area contributed by atoms with Crippen molar-refractivity contribution in [1.82, 2.24) is 0 Å². The van der Waals surface area contributed by atoms with E-state index in [1.54, 1.807) is 0 Å². The number of halogens is 6. The first kappa shape index (κ1) is 11.5. The Labute approximate surface area is 64.0 Å². The van der Waals surface area contributed by atoms with Crippen molar-refractivity contribution in [2.24, 2.45) is 5.92 Å². The zero-order valence-corrected chi connectivity index (χ0v) is 5.79. The third-order valence-corrected chi connectivity index (χ3v) is 1.19. The average molecular weight is 195 g/mol. The van der Waals surface area contributed by atoms with Crippen LogP contribution < -0.4 is 0 Å². The zero-order valence-electron chi connectivity index (χ0n) is 5.79. The predicted octanol–water partition coefficient (Wildman–Crippen LogP) is 2.65. The van der Waals surface area contributed by atoms with E-state index in [1.807, 2.05) is 0 Å². The van der Waals surface area contributed by atoms with E-state index in [2.05, 4.69) is 0 Å². The molecule has 0 saturated heterocycles. The maximum absolute atomic E-state index is 11.5. The van der Waals surface area contributed by atoms with Gasteiger partial charge in [-0.1, -0.05) is 6.92 Å². The summed E-state index contributed by atoms with van der Waals surface area (Å²) < 4.78 is 69.0. The minimum Gasteiger partial charge on any atom is -0.377 e. The molecule has 7 heteroatoms. The van der Waals surface area contributed by atoms with Gasteiger partial charge in [0.1, 0.15) is 0 Å². The first-order valence-corrected chi connectivity index (χ1v) is 2.76. The highest BCUT2D eigenvalue weighted by Crippen LogP contribution is 2.39. The highest BCUT2D eigenvalue weighted by molar-refractivity contribution is 4.93. The second-order valence-electron chi connectivity index (χ2n) is 2.15. The Kier molecular flexibility index (Phi) is 3.00. The lowest BCUT2D eigenvalue weighted by atomic mass is 10.0. The van der Waals surface area contributed by atoms with Crippen molar-refractivity contribution in [3.8, 4) is 0 Å². The third kappa shape index (κ3) is 2.88. The molecule has 0 spiro atoms. The summed E-state index contributed by atoms with van der Waals surface area (Å²) in [6.07, 6.45) is -12.9. The lowest BCUT2D eigenvalue weighted by Gasteiger charge is -2.21. The first-order valence-electron chi connectivity index (χ1n) is 2.76. The summed E-state index contributed by atoms with van der Waals surface area (Å²) in [6.45, 7) is 0.239. The maximum atomic E-state index is 11.5. The smallest absolute Gasteiger partial charge is 0.377 e. The summed E-state index contributed by atoms with van der Waals surface area (Å²) >= 11 is 0. The highest BCUT2D eigenvalue weighted by atomic mass is 19.4. The molecule has 0 saturated carbocycles. The molecule has 73 valence electrons. The molecule has 0 aliphatic carbocycles. The number of alkyl halides is 6. The van der Waals surface area contributed by atoms with Crippen molar-refractivity contribution in [3.63, 3.8) is 0 Å². The van der Waals surface area contributed by atoms with Gasteiger partial charge in [-0.25, -0.2) is 0 Å². The molecule has 0 heterocycles. The van der Waals surface area contributed by atoms with Crippen LogP contribution in [0.3, 0.4) is 0 Å². The Bertz CT molecular complexity index is 129. The zero-order chi connectivity index (χ0) is 10.2. The van der Waals surface area contributed by atoms with Crippen LogP contribution in [-0.2, 0) is 0 Å². The van der Waals surface area contributed by atoms with Gasteiger partial charge in [0.25, 0.3) is 0 Å².